The van der Waals surface area contributed by atoms with Crippen molar-refractivity contribution in [2.75, 3.05) is 25.2 Å². The van der Waals surface area contributed by atoms with E-state index in [2.05, 4.69) is 5.32 Å². The second-order valence-electron chi connectivity index (χ2n) is 6.74. The highest BCUT2D eigenvalue weighted by atomic mass is 35.5. The normalized spacial score (nSPS) is 21.5. The monoisotopic (exact) mass is 443 g/mol. The van der Waals surface area contributed by atoms with Gasteiger partial charge in [-0.25, -0.2) is 16.8 Å². The van der Waals surface area contributed by atoms with Gasteiger partial charge in [-0.15, -0.1) is 0 Å². The van der Waals surface area contributed by atoms with E-state index in [4.69, 9.17) is 16.3 Å². The Bertz CT molecular complexity index is 1040. The molecule has 0 bridgehead atoms. The molecule has 2 aromatic rings. The second-order valence-corrected chi connectivity index (χ2v) is 11.5. The third kappa shape index (κ3) is 4.68. The fraction of sp³-hybridized carbons (Fsp3) is 0.368. The van der Waals surface area contributed by atoms with Gasteiger partial charge in [0.05, 0.1) is 28.8 Å². The number of sulfone groups is 2. The van der Waals surface area contributed by atoms with Gasteiger partial charge in [0, 0.05) is 11.1 Å². The number of benzene rings is 2. The summed E-state index contributed by atoms with van der Waals surface area (Å²) in [7, 11) is -5.66. The van der Waals surface area contributed by atoms with Gasteiger partial charge in [0.2, 0.25) is 0 Å². The zero-order valence-corrected chi connectivity index (χ0v) is 17.7. The highest BCUT2D eigenvalue weighted by Gasteiger charge is 2.45. The van der Waals surface area contributed by atoms with Crippen molar-refractivity contribution >= 4 is 31.3 Å². The number of nitrogens with one attached hydrogen (secondary N) is 1. The quantitative estimate of drug-likeness (QED) is 0.705. The van der Waals surface area contributed by atoms with Crippen LogP contribution in [0.1, 0.15) is 5.56 Å². The van der Waals surface area contributed by atoms with Gasteiger partial charge in [-0.3, -0.25) is 0 Å². The van der Waals surface area contributed by atoms with Crippen molar-refractivity contribution in [2.24, 2.45) is 0 Å². The van der Waals surface area contributed by atoms with Crippen LogP contribution in [0.25, 0.3) is 0 Å². The van der Waals surface area contributed by atoms with E-state index < -0.39 is 31.0 Å². The first-order valence-electron chi connectivity index (χ1n) is 8.78. The summed E-state index contributed by atoms with van der Waals surface area (Å²) >= 11 is 5.83. The lowest BCUT2D eigenvalue weighted by Crippen LogP contribution is -2.44. The Hall–Kier alpha value is -1.61. The fourth-order valence-electron chi connectivity index (χ4n) is 3.41. The lowest BCUT2D eigenvalue weighted by molar-refractivity contribution is 0.408. The van der Waals surface area contributed by atoms with E-state index in [1.165, 1.54) is 24.3 Å². The van der Waals surface area contributed by atoms with Crippen LogP contribution in [0.3, 0.4) is 0 Å². The van der Waals surface area contributed by atoms with Gasteiger partial charge in [-0.05, 0) is 48.9 Å². The van der Waals surface area contributed by atoms with Crippen LogP contribution >= 0.6 is 11.6 Å². The molecule has 9 heteroatoms. The maximum Gasteiger partial charge on any atom is 0.183 e. The average molecular weight is 444 g/mol. The Balaban J connectivity index is 1.76. The second kappa shape index (κ2) is 8.41. The maximum absolute atomic E-state index is 13.0. The first kappa shape index (κ1) is 21.1. The summed E-state index contributed by atoms with van der Waals surface area (Å²) in [4.78, 5) is 0.0792. The van der Waals surface area contributed by atoms with Crippen molar-refractivity contribution in [1.82, 2.24) is 5.32 Å². The molecule has 6 nitrogen and oxygen atoms in total. The Morgan fingerprint density at radius 3 is 2.46 bits per heavy atom. The topological polar surface area (TPSA) is 89.5 Å². The predicted octanol–water partition coefficient (Wildman–Crippen LogP) is 2.12. The molecule has 1 N–H and O–H groups in total. The van der Waals surface area contributed by atoms with E-state index in [-0.39, 0.29) is 16.4 Å². The predicted molar refractivity (Wildman–Crippen MR) is 110 cm³/mol. The van der Waals surface area contributed by atoms with Crippen LogP contribution in [0.15, 0.2) is 53.4 Å². The molecule has 1 aliphatic rings. The van der Waals surface area contributed by atoms with E-state index in [0.29, 0.717) is 18.0 Å². The Morgan fingerprint density at radius 1 is 1.11 bits per heavy atom. The molecule has 0 spiro atoms. The highest BCUT2D eigenvalue weighted by Crippen LogP contribution is 2.27. The van der Waals surface area contributed by atoms with Crippen LogP contribution in [0, 0.1) is 0 Å². The molecule has 0 radical (unpaired) electrons. The van der Waals surface area contributed by atoms with Gasteiger partial charge >= 0.3 is 0 Å². The molecule has 1 heterocycles. The number of rotatable bonds is 7. The van der Waals surface area contributed by atoms with Crippen molar-refractivity contribution in [2.45, 2.75) is 22.6 Å². The lowest BCUT2D eigenvalue weighted by Gasteiger charge is -2.20. The van der Waals surface area contributed by atoms with Crippen molar-refractivity contribution < 1.29 is 21.6 Å². The molecular weight excluding hydrogens is 422 g/mol. The van der Waals surface area contributed by atoms with Crippen LogP contribution in [0.2, 0.25) is 5.02 Å². The van der Waals surface area contributed by atoms with Gasteiger partial charge in [-0.2, -0.15) is 0 Å². The summed E-state index contributed by atoms with van der Waals surface area (Å²) in [6.07, 6.45) is 0.592. The zero-order chi connectivity index (χ0) is 20.4. The van der Waals surface area contributed by atoms with Crippen LogP contribution in [0.5, 0.6) is 5.75 Å². The van der Waals surface area contributed by atoms with Gasteiger partial charge in [0.25, 0.3) is 0 Å². The molecule has 0 amide bonds. The first-order valence-corrected chi connectivity index (χ1v) is 12.5. The average Bonchev–Trinajstić information content (AvgIpc) is 2.98. The fourth-order valence-corrected chi connectivity index (χ4v) is 8.26. The van der Waals surface area contributed by atoms with Crippen LogP contribution in [0.4, 0.5) is 0 Å². The molecular formula is C19H22ClNO5S2. The minimum absolute atomic E-state index is 0.0792. The third-order valence-corrected chi connectivity index (χ3v) is 9.25. The van der Waals surface area contributed by atoms with Crippen molar-refractivity contribution in [3.8, 4) is 5.75 Å². The summed E-state index contributed by atoms with van der Waals surface area (Å²) < 4.78 is 55.7. The Labute approximate surface area is 170 Å². The molecule has 2 atom stereocenters. The molecule has 0 aliphatic carbocycles. The molecule has 28 heavy (non-hydrogen) atoms. The third-order valence-electron chi connectivity index (χ3n) is 4.83. The zero-order valence-electron chi connectivity index (χ0n) is 15.3. The molecule has 1 fully saturated rings. The summed E-state index contributed by atoms with van der Waals surface area (Å²) in [5.41, 5.74) is 0.968. The highest BCUT2D eigenvalue weighted by molar-refractivity contribution is 7.96. The molecule has 1 saturated heterocycles. The largest absolute Gasteiger partial charge is 0.496 e. The molecule has 152 valence electrons. The van der Waals surface area contributed by atoms with Crippen LogP contribution in [-0.4, -0.2) is 53.3 Å². The smallest absolute Gasteiger partial charge is 0.183 e. The van der Waals surface area contributed by atoms with E-state index in [0.717, 1.165) is 11.3 Å². The summed E-state index contributed by atoms with van der Waals surface area (Å²) in [6, 6.07) is 12.7. The molecule has 0 aromatic heterocycles. The minimum Gasteiger partial charge on any atom is -0.496 e. The Kier molecular flexibility index (Phi) is 6.34. The van der Waals surface area contributed by atoms with Gasteiger partial charge in [-0.1, -0.05) is 29.8 Å². The lowest BCUT2D eigenvalue weighted by atomic mass is 10.1. The van der Waals surface area contributed by atoms with E-state index >= 15 is 0 Å². The molecule has 2 unspecified atom stereocenters. The number of hydrogen-bond donors (Lipinski definition) is 1. The Morgan fingerprint density at radius 2 is 1.79 bits per heavy atom. The van der Waals surface area contributed by atoms with Crippen molar-refractivity contribution in [3.63, 3.8) is 0 Å². The summed E-state index contributed by atoms with van der Waals surface area (Å²) in [6.45, 7) is 0.438. The van der Waals surface area contributed by atoms with Gasteiger partial charge in [0.1, 0.15) is 5.75 Å². The SMILES string of the molecule is COc1ccccc1CCNC1CS(=O)(=O)CC1S(=O)(=O)c1ccc(Cl)cc1. The number of methoxy groups -OCH3 is 1. The number of para-hydroxylation sites is 1. The van der Waals surface area contributed by atoms with Gasteiger partial charge in [0.15, 0.2) is 19.7 Å². The molecule has 1 aliphatic heterocycles. The minimum atomic E-state index is -3.81. The number of hydrogen-bond acceptors (Lipinski definition) is 6. The molecule has 3 rings (SSSR count). The summed E-state index contributed by atoms with van der Waals surface area (Å²) in [5, 5.41) is 2.52. The van der Waals surface area contributed by atoms with E-state index in [9.17, 15) is 16.8 Å². The molecule has 2 aromatic carbocycles. The number of ether oxygens (including phenoxy) is 1. The van der Waals surface area contributed by atoms with Crippen molar-refractivity contribution in [1.29, 1.82) is 0 Å². The number of halogens is 1. The summed E-state index contributed by atoms with van der Waals surface area (Å²) in [5.74, 6) is 0.162. The van der Waals surface area contributed by atoms with E-state index in [1.54, 1.807) is 7.11 Å². The standard InChI is InChI=1S/C19H22ClNO5S2/c1-26-18-5-3-2-4-14(18)10-11-21-17-12-27(22,23)13-19(17)28(24,25)16-8-6-15(20)7-9-16/h2-9,17,19,21H,10-13H2,1H3. The maximum atomic E-state index is 13.0. The molecule has 0 saturated carbocycles. The van der Waals surface area contributed by atoms with E-state index in [1.807, 2.05) is 24.3 Å². The van der Waals surface area contributed by atoms with Gasteiger partial charge < -0.3 is 10.1 Å². The van der Waals surface area contributed by atoms with Crippen molar-refractivity contribution in [3.05, 3.63) is 59.1 Å². The van der Waals surface area contributed by atoms with Crippen LogP contribution in [-0.2, 0) is 26.1 Å². The first-order chi connectivity index (χ1) is 13.2. The van der Waals surface area contributed by atoms with Crippen LogP contribution < -0.4 is 10.1 Å².